The maximum atomic E-state index is 11.4. The highest BCUT2D eigenvalue weighted by molar-refractivity contribution is 7.89. The highest BCUT2D eigenvalue weighted by Crippen LogP contribution is 2.08. The summed E-state index contributed by atoms with van der Waals surface area (Å²) in [6.45, 7) is 0. The first-order chi connectivity index (χ1) is 5.55. The molecule has 0 aromatic carbocycles. The molecule has 12 heavy (non-hydrogen) atoms. The fourth-order valence-corrected chi connectivity index (χ4v) is 1.46. The van der Waals surface area contributed by atoms with Gasteiger partial charge in [0.1, 0.15) is 11.1 Å². The lowest BCUT2D eigenvalue weighted by Gasteiger charge is -2.09. The lowest BCUT2D eigenvalue weighted by Crippen LogP contribution is -2.22. The quantitative estimate of drug-likeness (QED) is 0.658. The Bertz CT molecular complexity index is 345. The minimum Gasteiger partial charge on any atom is -0.253 e. The highest BCUT2D eigenvalue weighted by Gasteiger charge is 2.16. The predicted molar refractivity (Wildman–Crippen MR) is 43.9 cm³/mol. The normalized spacial score (nSPS) is 11.9. The molecule has 0 aliphatic carbocycles. The number of sulfonamides is 1. The van der Waals surface area contributed by atoms with Crippen LogP contribution in [0.4, 0.5) is 0 Å². The number of hydrogen-bond acceptors (Lipinski definition) is 3. The summed E-state index contributed by atoms with van der Waals surface area (Å²) in [5.41, 5.74) is 0. The van der Waals surface area contributed by atoms with Crippen molar-refractivity contribution >= 4 is 10.0 Å². The molecule has 0 aliphatic rings. The van der Waals surface area contributed by atoms with Crippen molar-refractivity contribution in [2.45, 2.75) is 4.90 Å². The summed E-state index contributed by atoms with van der Waals surface area (Å²) in [5.74, 6) is 0. The molecule has 1 aromatic heterocycles. The van der Waals surface area contributed by atoms with E-state index in [4.69, 9.17) is 0 Å². The van der Waals surface area contributed by atoms with Gasteiger partial charge >= 0.3 is 0 Å². The number of rotatable bonds is 2. The van der Waals surface area contributed by atoms with Crippen LogP contribution in [0.25, 0.3) is 0 Å². The molecule has 0 spiro atoms. The molecule has 0 amide bonds. The van der Waals surface area contributed by atoms with E-state index in [1.807, 2.05) is 0 Å². The largest absolute Gasteiger partial charge is 0.253 e. The molecule has 65 valence electrons. The van der Waals surface area contributed by atoms with Gasteiger partial charge in [-0.15, -0.1) is 0 Å². The average Bonchev–Trinajstić information content (AvgIpc) is 2.06. The monoisotopic (exact) mass is 185 g/mol. The number of nitrogens with zero attached hydrogens (tertiary/aromatic N) is 2. The van der Waals surface area contributed by atoms with Crippen LogP contribution in [0.15, 0.2) is 23.2 Å². The molecule has 1 aromatic rings. The first-order valence-corrected chi connectivity index (χ1v) is 4.74. The van der Waals surface area contributed by atoms with Crippen LogP contribution < -0.4 is 0 Å². The van der Waals surface area contributed by atoms with E-state index in [0.717, 1.165) is 4.31 Å². The molecule has 1 rings (SSSR count). The fourth-order valence-electron chi connectivity index (χ4n) is 0.652. The summed E-state index contributed by atoms with van der Waals surface area (Å²) in [7, 11) is -0.425. The molecule has 0 atom stereocenters. The van der Waals surface area contributed by atoms with Crippen LogP contribution in [-0.4, -0.2) is 31.8 Å². The number of aromatic nitrogens is 1. The Morgan fingerprint density at radius 1 is 1.50 bits per heavy atom. The van der Waals surface area contributed by atoms with E-state index in [9.17, 15) is 8.42 Å². The van der Waals surface area contributed by atoms with Gasteiger partial charge in [0.2, 0.25) is 10.0 Å². The van der Waals surface area contributed by atoms with Gasteiger partial charge in [0.25, 0.3) is 0 Å². The Labute approximate surface area is 71.9 Å². The first-order valence-electron chi connectivity index (χ1n) is 3.30. The Balaban J connectivity index is 3.17. The van der Waals surface area contributed by atoms with Gasteiger partial charge in [-0.25, -0.2) is 12.7 Å². The van der Waals surface area contributed by atoms with Gasteiger partial charge in [-0.3, -0.25) is 4.98 Å². The summed E-state index contributed by atoms with van der Waals surface area (Å²) in [6, 6.07) is 3.02. The molecule has 5 heteroatoms. The third-order valence-corrected chi connectivity index (χ3v) is 3.09. The summed E-state index contributed by atoms with van der Waals surface area (Å²) < 4.78 is 23.9. The lowest BCUT2D eigenvalue weighted by atomic mass is 10.5. The van der Waals surface area contributed by atoms with E-state index in [-0.39, 0.29) is 4.90 Å². The molecule has 0 unspecified atom stereocenters. The van der Waals surface area contributed by atoms with E-state index in [0.29, 0.717) is 0 Å². The molecular weight excluding hydrogens is 176 g/mol. The van der Waals surface area contributed by atoms with E-state index >= 15 is 0 Å². The van der Waals surface area contributed by atoms with Gasteiger partial charge in [-0.05, 0) is 12.1 Å². The summed E-state index contributed by atoms with van der Waals surface area (Å²) in [4.78, 5) is 3.70. The van der Waals surface area contributed by atoms with Gasteiger partial charge < -0.3 is 0 Å². The van der Waals surface area contributed by atoms with Crippen LogP contribution in [0.3, 0.4) is 0 Å². The van der Waals surface area contributed by atoms with Crippen molar-refractivity contribution in [3.05, 3.63) is 24.5 Å². The topological polar surface area (TPSA) is 50.3 Å². The standard InChI is InChI=1S/C7H9N2O2S/c1-9(2)12(10,11)7-4-3-5-8-6-7/h3-5H,1-2H3. The van der Waals surface area contributed by atoms with Gasteiger partial charge in [-0.2, -0.15) is 0 Å². The van der Waals surface area contributed by atoms with Crippen molar-refractivity contribution in [3.63, 3.8) is 0 Å². The maximum Gasteiger partial charge on any atom is 0.244 e. The fraction of sp³-hybridized carbons (Fsp3) is 0.286. The van der Waals surface area contributed by atoms with Crippen molar-refractivity contribution < 1.29 is 8.42 Å². The van der Waals surface area contributed by atoms with E-state index < -0.39 is 10.0 Å². The Kier molecular flexibility index (Phi) is 2.44. The Hall–Kier alpha value is -0.940. The summed E-state index contributed by atoms with van der Waals surface area (Å²) in [6.07, 6.45) is 3.89. The van der Waals surface area contributed by atoms with E-state index in [1.165, 1.54) is 26.4 Å². The number of pyridine rings is 1. The first kappa shape index (κ1) is 9.15. The van der Waals surface area contributed by atoms with Crippen molar-refractivity contribution in [2.75, 3.05) is 14.1 Å². The Morgan fingerprint density at radius 3 is 2.58 bits per heavy atom. The van der Waals surface area contributed by atoms with E-state index in [1.54, 1.807) is 6.07 Å². The molecule has 0 aliphatic heterocycles. The van der Waals surface area contributed by atoms with Crippen LogP contribution in [0.5, 0.6) is 0 Å². The molecular formula is C7H9N2O2S. The summed E-state index contributed by atoms with van der Waals surface area (Å²) in [5, 5.41) is 0. The molecule has 0 bridgehead atoms. The molecule has 0 N–H and O–H groups in total. The predicted octanol–water partition coefficient (Wildman–Crippen LogP) is 0.132. The van der Waals surface area contributed by atoms with Gasteiger partial charge in [0.15, 0.2) is 0 Å². The minimum atomic E-state index is -3.36. The molecule has 0 fully saturated rings. The van der Waals surface area contributed by atoms with Gasteiger partial charge in [0, 0.05) is 20.3 Å². The third-order valence-electron chi connectivity index (χ3n) is 1.34. The van der Waals surface area contributed by atoms with Crippen molar-refractivity contribution in [2.24, 2.45) is 0 Å². The zero-order valence-corrected chi connectivity index (χ0v) is 7.67. The van der Waals surface area contributed by atoms with Crippen molar-refractivity contribution in [1.82, 2.24) is 9.29 Å². The zero-order chi connectivity index (χ0) is 9.19. The Morgan fingerprint density at radius 2 is 2.17 bits per heavy atom. The summed E-state index contributed by atoms with van der Waals surface area (Å²) >= 11 is 0. The second-order valence-corrected chi connectivity index (χ2v) is 4.52. The lowest BCUT2D eigenvalue weighted by molar-refractivity contribution is 0.520. The second-order valence-electron chi connectivity index (χ2n) is 2.40. The van der Waals surface area contributed by atoms with Crippen molar-refractivity contribution in [3.8, 4) is 0 Å². The smallest absolute Gasteiger partial charge is 0.244 e. The van der Waals surface area contributed by atoms with Crippen LogP contribution in [0.1, 0.15) is 0 Å². The van der Waals surface area contributed by atoms with Crippen LogP contribution in [-0.2, 0) is 10.0 Å². The van der Waals surface area contributed by atoms with Crippen LogP contribution in [0.2, 0.25) is 0 Å². The van der Waals surface area contributed by atoms with Crippen LogP contribution in [0, 0.1) is 6.20 Å². The molecule has 1 radical (unpaired) electrons. The zero-order valence-electron chi connectivity index (χ0n) is 6.85. The third kappa shape index (κ3) is 1.62. The minimum absolute atomic E-state index is 0.0926. The molecule has 4 nitrogen and oxygen atoms in total. The SMILES string of the molecule is CN(C)S(=O)(=O)c1[c]nccc1. The maximum absolute atomic E-state index is 11.4. The van der Waals surface area contributed by atoms with Crippen molar-refractivity contribution in [1.29, 1.82) is 0 Å². The van der Waals surface area contributed by atoms with Gasteiger partial charge in [-0.1, -0.05) is 0 Å². The molecule has 0 saturated heterocycles. The van der Waals surface area contributed by atoms with E-state index in [2.05, 4.69) is 11.2 Å². The molecule has 0 saturated carbocycles. The van der Waals surface area contributed by atoms with Crippen LogP contribution >= 0.6 is 0 Å². The number of hydrogen-bond donors (Lipinski definition) is 0. The highest BCUT2D eigenvalue weighted by atomic mass is 32.2. The average molecular weight is 185 g/mol. The molecule has 1 heterocycles. The second kappa shape index (κ2) is 3.20. The van der Waals surface area contributed by atoms with Gasteiger partial charge in [0.05, 0.1) is 0 Å².